The minimum Gasteiger partial charge on any atom is -0.398 e. The van der Waals surface area contributed by atoms with E-state index in [2.05, 4.69) is 24.3 Å². The van der Waals surface area contributed by atoms with Crippen LogP contribution < -0.4 is 10.6 Å². The number of benzene rings is 2. The molecule has 0 aromatic heterocycles. The third kappa shape index (κ3) is 4.97. The van der Waals surface area contributed by atoms with Gasteiger partial charge in [0.25, 0.3) is 0 Å². The summed E-state index contributed by atoms with van der Waals surface area (Å²) in [5.74, 6) is -0.410. The highest BCUT2D eigenvalue weighted by atomic mass is 31.1. The van der Waals surface area contributed by atoms with E-state index in [1.165, 1.54) is 10.6 Å². The Labute approximate surface area is 141 Å². The van der Waals surface area contributed by atoms with Crippen molar-refractivity contribution in [2.24, 2.45) is 0 Å². The van der Waals surface area contributed by atoms with E-state index in [0.29, 0.717) is 6.42 Å². The van der Waals surface area contributed by atoms with Gasteiger partial charge in [-0.1, -0.05) is 60.7 Å². The number of aliphatic hydroxyl groups is 1. The van der Waals surface area contributed by atoms with Gasteiger partial charge in [-0.25, -0.2) is 0 Å². The van der Waals surface area contributed by atoms with Crippen LogP contribution in [0.5, 0.6) is 0 Å². The van der Waals surface area contributed by atoms with E-state index >= 15 is 0 Å². The van der Waals surface area contributed by atoms with Crippen molar-refractivity contribution in [2.75, 3.05) is 14.2 Å². The fourth-order valence-corrected chi connectivity index (χ4v) is 6.45. The van der Waals surface area contributed by atoms with E-state index in [9.17, 15) is 5.11 Å². The lowest BCUT2D eigenvalue weighted by molar-refractivity contribution is 0.225. The lowest BCUT2D eigenvalue weighted by Crippen LogP contribution is -2.37. The zero-order valence-corrected chi connectivity index (χ0v) is 15.9. The summed E-state index contributed by atoms with van der Waals surface area (Å²) in [6, 6.07) is 21.3. The molecular formula is C18H25O3PSi. The largest absolute Gasteiger partial charge is 0.398 e. The van der Waals surface area contributed by atoms with E-state index in [0.717, 1.165) is 6.04 Å². The molecule has 2 aromatic carbocycles. The van der Waals surface area contributed by atoms with Gasteiger partial charge in [0.05, 0.1) is 5.85 Å². The van der Waals surface area contributed by atoms with Crippen molar-refractivity contribution in [1.29, 1.82) is 0 Å². The summed E-state index contributed by atoms with van der Waals surface area (Å²) in [6.45, 7) is 2.03. The normalized spacial score (nSPS) is 13.3. The number of aliphatic hydroxyl groups excluding tert-OH is 1. The number of hydrogen-bond donors (Lipinski definition) is 1. The molecule has 0 saturated carbocycles. The van der Waals surface area contributed by atoms with Crippen LogP contribution in [0.3, 0.4) is 0 Å². The van der Waals surface area contributed by atoms with Crippen LogP contribution in [0.4, 0.5) is 0 Å². The van der Waals surface area contributed by atoms with Crippen molar-refractivity contribution < 1.29 is 14.0 Å². The molecule has 0 aliphatic rings. The molecular weight excluding hydrogens is 323 g/mol. The van der Waals surface area contributed by atoms with Crippen molar-refractivity contribution in [3.8, 4) is 0 Å². The van der Waals surface area contributed by atoms with Gasteiger partial charge in [-0.05, 0) is 37.5 Å². The summed E-state index contributed by atoms with van der Waals surface area (Å²) in [7, 11) is 0.422. The SMILES string of the molecule is CO[Si](C)(CCC(O)P(c1ccccc1)c1ccccc1)OC. The molecule has 5 heteroatoms. The molecule has 1 N–H and O–H groups in total. The van der Waals surface area contributed by atoms with Crippen molar-refractivity contribution in [2.45, 2.75) is 24.9 Å². The van der Waals surface area contributed by atoms with Crippen LogP contribution >= 0.6 is 7.92 Å². The third-order valence-electron chi connectivity index (χ3n) is 4.09. The fourth-order valence-electron chi connectivity index (χ4n) is 2.48. The van der Waals surface area contributed by atoms with Crippen LogP contribution in [0.1, 0.15) is 6.42 Å². The van der Waals surface area contributed by atoms with Crippen molar-refractivity contribution in [3.05, 3.63) is 60.7 Å². The molecule has 0 aliphatic heterocycles. The van der Waals surface area contributed by atoms with E-state index < -0.39 is 22.3 Å². The van der Waals surface area contributed by atoms with Crippen LogP contribution in [0.25, 0.3) is 0 Å². The van der Waals surface area contributed by atoms with Crippen LogP contribution in [0.2, 0.25) is 12.6 Å². The monoisotopic (exact) mass is 348 g/mol. The van der Waals surface area contributed by atoms with Crippen LogP contribution in [-0.4, -0.2) is 33.7 Å². The molecule has 0 fully saturated rings. The lowest BCUT2D eigenvalue weighted by atomic mass is 10.4. The fraction of sp³-hybridized carbons (Fsp3) is 0.333. The first-order chi connectivity index (χ1) is 11.1. The average molecular weight is 348 g/mol. The topological polar surface area (TPSA) is 38.7 Å². The smallest absolute Gasteiger partial charge is 0.334 e. The Morgan fingerprint density at radius 3 is 1.74 bits per heavy atom. The number of hydrogen-bond acceptors (Lipinski definition) is 3. The van der Waals surface area contributed by atoms with E-state index in [-0.39, 0.29) is 0 Å². The Morgan fingerprint density at radius 2 is 1.35 bits per heavy atom. The van der Waals surface area contributed by atoms with Gasteiger partial charge < -0.3 is 14.0 Å². The minimum atomic E-state index is -2.16. The molecule has 0 amide bonds. The summed E-state index contributed by atoms with van der Waals surface area (Å²) in [6.07, 6.45) is 0.680. The van der Waals surface area contributed by atoms with Crippen LogP contribution in [-0.2, 0) is 8.85 Å². The first kappa shape index (κ1) is 18.3. The highest BCUT2D eigenvalue weighted by molar-refractivity contribution is 7.73. The quantitative estimate of drug-likeness (QED) is 0.588. The Hall–Kier alpha value is -1.03. The zero-order valence-electron chi connectivity index (χ0n) is 14.0. The van der Waals surface area contributed by atoms with Gasteiger partial charge >= 0.3 is 8.56 Å². The van der Waals surface area contributed by atoms with Gasteiger partial charge in [0, 0.05) is 14.2 Å². The Morgan fingerprint density at radius 1 is 0.913 bits per heavy atom. The standard InChI is InChI=1S/C18H25O3PSi/c1-20-23(3,21-2)15-14-18(19)22(16-10-6-4-7-11-16)17-12-8-5-9-13-17/h4-13,18-19H,14-15H2,1-3H3. The van der Waals surface area contributed by atoms with Gasteiger partial charge in [0.15, 0.2) is 0 Å². The van der Waals surface area contributed by atoms with Gasteiger partial charge in [-0.3, -0.25) is 0 Å². The van der Waals surface area contributed by atoms with E-state index in [1.807, 2.05) is 42.9 Å². The first-order valence-corrected chi connectivity index (χ1v) is 11.7. The van der Waals surface area contributed by atoms with E-state index in [1.54, 1.807) is 14.2 Å². The van der Waals surface area contributed by atoms with Crippen LogP contribution in [0, 0.1) is 0 Å². The molecule has 23 heavy (non-hydrogen) atoms. The molecule has 1 atom stereocenters. The van der Waals surface area contributed by atoms with Crippen LogP contribution in [0.15, 0.2) is 60.7 Å². The molecule has 0 radical (unpaired) electrons. The maximum atomic E-state index is 10.9. The molecule has 0 spiro atoms. The predicted octanol–water partition coefficient (Wildman–Crippen LogP) is 3.19. The molecule has 0 bridgehead atoms. The maximum Gasteiger partial charge on any atom is 0.334 e. The summed E-state index contributed by atoms with van der Waals surface area (Å²) < 4.78 is 11.1. The molecule has 0 heterocycles. The van der Waals surface area contributed by atoms with Crippen molar-refractivity contribution >= 4 is 27.1 Å². The average Bonchev–Trinajstić information content (AvgIpc) is 2.62. The third-order valence-corrected chi connectivity index (χ3v) is 9.57. The first-order valence-electron chi connectivity index (χ1n) is 7.77. The Kier molecular flexibility index (Phi) is 6.94. The van der Waals surface area contributed by atoms with Gasteiger partial charge in [-0.2, -0.15) is 0 Å². The second-order valence-corrected chi connectivity index (χ2v) is 11.6. The Bertz CT molecular complexity index is 536. The highest BCUT2D eigenvalue weighted by Crippen LogP contribution is 2.40. The molecule has 0 aliphatic carbocycles. The predicted molar refractivity (Wildman–Crippen MR) is 100 cm³/mol. The molecule has 124 valence electrons. The van der Waals surface area contributed by atoms with Crippen molar-refractivity contribution in [1.82, 2.24) is 0 Å². The summed E-state index contributed by atoms with van der Waals surface area (Å²) >= 11 is 0. The van der Waals surface area contributed by atoms with Gasteiger partial charge in [0.1, 0.15) is 0 Å². The lowest BCUT2D eigenvalue weighted by Gasteiger charge is -2.28. The zero-order chi connectivity index (χ0) is 16.7. The number of rotatable bonds is 8. The summed E-state index contributed by atoms with van der Waals surface area (Å²) in [5, 5.41) is 13.3. The summed E-state index contributed by atoms with van der Waals surface area (Å²) in [4.78, 5) is 0. The molecule has 2 aromatic rings. The molecule has 2 rings (SSSR count). The molecule has 3 nitrogen and oxygen atoms in total. The second-order valence-electron chi connectivity index (χ2n) is 5.60. The highest BCUT2D eigenvalue weighted by Gasteiger charge is 2.31. The second kappa shape index (κ2) is 8.72. The Balaban J connectivity index is 2.21. The van der Waals surface area contributed by atoms with Gasteiger partial charge in [-0.15, -0.1) is 0 Å². The van der Waals surface area contributed by atoms with E-state index in [4.69, 9.17) is 8.85 Å². The van der Waals surface area contributed by atoms with Gasteiger partial charge in [0.2, 0.25) is 0 Å². The summed E-state index contributed by atoms with van der Waals surface area (Å²) in [5.41, 5.74) is 0. The maximum absolute atomic E-state index is 10.9. The van der Waals surface area contributed by atoms with Crippen molar-refractivity contribution in [3.63, 3.8) is 0 Å². The molecule has 1 unspecified atom stereocenters. The molecule has 0 saturated heterocycles. The minimum absolute atomic E-state index is 0.410.